The van der Waals surface area contributed by atoms with Crippen molar-refractivity contribution in [3.05, 3.63) is 361 Å². The third-order valence-corrected chi connectivity index (χ3v) is 18.9. The minimum Gasteiger partial charge on any atom is -0.354 e. The third-order valence-electron chi connectivity index (χ3n) is 18.9. The summed E-state index contributed by atoms with van der Waals surface area (Å²) in [5, 5.41) is 0. The molecule has 16 bridgehead atoms. The Balaban J connectivity index is 0.888. The van der Waals surface area contributed by atoms with Crippen LogP contribution in [0.3, 0.4) is 0 Å². The molecule has 18 rings (SSSR count). The van der Waals surface area contributed by atoms with Crippen molar-refractivity contribution in [3.63, 3.8) is 0 Å². The maximum absolute atomic E-state index is 5.84. The Morgan fingerprint density at radius 1 is 0.190 bits per heavy atom. The van der Waals surface area contributed by atoms with E-state index in [4.69, 9.17) is 19.9 Å². The summed E-state index contributed by atoms with van der Waals surface area (Å²) in [5.74, 6) is 0. The lowest BCUT2D eigenvalue weighted by Crippen LogP contribution is -1.90. The third kappa shape index (κ3) is 11.0. The molecular formula is C92H62N8. The highest BCUT2D eigenvalue weighted by Gasteiger charge is 2.25. The highest BCUT2D eigenvalue weighted by Crippen LogP contribution is 2.44. The normalized spacial score (nSPS) is 12.6. The number of H-pyrrole nitrogens is 4. The first-order chi connectivity index (χ1) is 49.6. The molecule has 8 heteroatoms. The molecule has 8 nitrogen and oxygen atoms in total. The molecule has 0 unspecified atom stereocenters. The molecule has 0 fully saturated rings. The number of aromatic nitrogens is 8. The predicted molar refractivity (Wildman–Crippen MR) is 417 cm³/mol. The summed E-state index contributed by atoms with van der Waals surface area (Å²) >= 11 is 0. The lowest BCUT2D eigenvalue weighted by Gasteiger charge is -2.08. The van der Waals surface area contributed by atoms with Crippen LogP contribution in [0.5, 0.6) is 0 Å². The molecule has 100 heavy (non-hydrogen) atoms. The van der Waals surface area contributed by atoms with E-state index in [1.54, 1.807) is 0 Å². The largest absolute Gasteiger partial charge is 0.354 e. The van der Waals surface area contributed by atoms with E-state index >= 15 is 0 Å². The van der Waals surface area contributed by atoms with Gasteiger partial charge in [0.15, 0.2) is 0 Å². The molecular weight excluding hydrogens is 1220 g/mol. The number of benzene rings is 8. The second kappa shape index (κ2) is 25.5. The van der Waals surface area contributed by atoms with Gasteiger partial charge in [-0.15, -0.1) is 0 Å². The van der Waals surface area contributed by atoms with E-state index in [0.29, 0.717) is 0 Å². The molecule has 0 aliphatic carbocycles. The van der Waals surface area contributed by atoms with Crippen molar-refractivity contribution < 1.29 is 0 Å². The number of nitrogens with zero attached hydrogens (tertiary/aromatic N) is 4. The van der Waals surface area contributed by atoms with E-state index in [1.807, 2.05) is 0 Å². The zero-order chi connectivity index (χ0) is 66.3. The van der Waals surface area contributed by atoms with Gasteiger partial charge in [0, 0.05) is 99.8 Å². The second-order valence-corrected chi connectivity index (χ2v) is 25.1. The molecule has 4 N–H and O–H groups in total. The lowest BCUT2D eigenvalue weighted by molar-refractivity contribution is 1.30. The Bertz CT molecular complexity index is 5700. The first kappa shape index (κ1) is 59.0. The molecule has 0 radical (unpaired) electrons. The highest BCUT2D eigenvalue weighted by atomic mass is 14.8. The van der Waals surface area contributed by atoms with Crippen LogP contribution in [0.15, 0.2) is 315 Å². The average Bonchev–Trinajstić information content (AvgIpc) is 1.64. The van der Waals surface area contributed by atoms with Crippen LogP contribution in [0.4, 0.5) is 0 Å². The minimum atomic E-state index is 0.819. The smallest absolute Gasteiger partial charge is 0.0809 e. The maximum Gasteiger partial charge on any atom is 0.0809 e. The summed E-state index contributed by atoms with van der Waals surface area (Å²) in [6.07, 6.45) is 21.8. The van der Waals surface area contributed by atoms with Gasteiger partial charge in [0.2, 0.25) is 0 Å². The topological polar surface area (TPSA) is 115 Å². The molecule has 10 heterocycles. The zero-order valence-corrected chi connectivity index (χ0v) is 54.3. The Morgan fingerprint density at radius 3 is 0.600 bits per heavy atom. The second-order valence-electron chi connectivity index (χ2n) is 25.1. The zero-order valence-electron chi connectivity index (χ0n) is 54.3. The monoisotopic (exact) mass is 1280 g/mol. The van der Waals surface area contributed by atoms with Crippen LogP contribution < -0.4 is 0 Å². The predicted octanol–water partition coefficient (Wildman–Crippen LogP) is 23.5. The molecule has 0 saturated heterocycles. The van der Waals surface area contributed by atoms with Crippen molar-refractivity contribution in [2.75, 3.05) is 0 Å². The summed E-state index contributed by atoms with van der Waals surface area (Å²) < 4.78 is 0. The van der Waals surface area contributed by atoms with Crippen LogP contribution >= 0.6 is 0 Å². The number of allylic oxidation sites excluding steroid dienone is 6. The summed E-state index contributed by atoms with van der Waals surface area (Å²) in [4.78, 5) is 38.6. The molecule has 6 aromatic heterocycles. The van der Waals surface area contributed by atoms with E-state index in [-0.39, 0.29) is 0 Å². The number of nitrogens with one attached hydrogen (secondary N) is 4. The van der Waals surface area contributed by atoms with E-state index in [1.165, 1.54) is 0 Å². The summed E-state index contributed by atoms with van der Waals surface area (Å²) in [6.45, 7) is 0. The Kier molecular flexibility index (Phi) is 15.1. The quantitative estimate of drug-likeness (QED) is 0.0966. The van der Waals surface area contributed by atoms with E-state index in [2.05, 4.69) is 372 Å². The van der Waals surface area contributed by atoms with Crippen molar-refractivity contribution in [1.82, 2.24) is 39.9 Å². The maximum atomic E-state index is 5.84. The molecule has 4 aliphatic heterocycles. The Morgan fingerprint density at radius 2 is 0.380 bits per heavy atom. The van der Waals surface area contributed by atoms with Crippen molar-refractivity contribution in [3.8, 4) is 89.0 Å². The van der Waals surface area contributed by atoms with Gasteiger partial charge in [0.25, 0.3) is 0 Å². The van der Waals surface area contributed by atoms with Crippen LogP contribution in [-0.2, 0) is 0 Å². The van der Waals surface area contributed by atoms with Gasteiger partial charge >= 0.3 is 0 Å². The fourth-order valence-electron chi connectivity index (χ4n) is 14.4. The number of hydrogen-bond acceptors (Lipinski definition) is 4. The number of fused-ring (bicyclic) bond motifs is 16. The van der Waals surface area contributed by atoms with Crippen molar-refractivity contribution in [2.24, 2.45) is 0 Å². The number of hydrogen-bond donors (Lipinski definition) is 4. The average molecular weight is 1280 g/mol. The van der Waals surface area contributed by atoms with Crippen LogP contribution in [0, 0.1) is 0 Å². The van der Waals surface area contributed by atoms with Gasteiger partial charge in [0.1, 0.15) is 0 Å². The van der Waals surface area contributed by atoms with Gasteiger partial charge in [-0.3, -0.25) is 0 Å². The summed E-state index contributed by atoms with van der Waals surface area (Å²) in [5.41, 5.74) is 32.2. The molecule has 0 amide bonds. The standard InChI is InChI=1S/C92H62N8/c1-9-27-59(28-10-1)83-69-45-47-71(93-69)85(61-31-13-3-14-32-61)75-53-55-79(97-75)89(65-39-21-7-22-40-65)91-67(57-81(99-91)87(63-35-17-5-18-36-63)77-51-49-73(83)95-77)43-25-26-44-68-58-82-88(64-37-19-6-20-38-64)78-52-50-74(96-78)84(60-29-11-2-12-30-60)70-46-48-72(94-70)86(62-33-15-4-16-34-62)76-54-56-80(98-76)90(92(68)100-82)66-41-23-8-24-42-66/h1-58,95-98H/b43-25-,44-26+,83-69?,83-73?,84-70?,84-74?,85-71?,85-75?,86-72?,86-76?,87-77?,87-81?,88-78?,88-82?,89-79?,90-80?,91-89?,92-90?. The fraction of sp³-hybridized carbons (Fsp3) is 0. The first-order valence-corrected chi connectivity index (χ1v) is 33.8. The molecule has 0 spiro atoms. The van der Waals surface area contributed by atoms with E-state index in [0.717, 1.165) is 190 Å². The highest BCUT2D eigenvalue weighted by molar-refractivity contribution is 6.07. The lowest BCUT2D eigenvalue weighted by atomic mass is 9.98. The van der Waals surface area contributed by atoms with E-state index in [9.17, 15) is 0 Å². The van der Waals surface area contributed by atoms with Gasteiger partial charge in [-0.1, -0.05) is 267 Å². The SMILES string of the molecule is C1=Cc2nc1c(-c1ccccc1)c1ccc([nH]1)c(-c1ccccc1)c1nc(c(-c3ccccc3)c3ccc([nH]3)c2-c2ccccc2)C(/C=C\C=C\C2=Cc3nc2c(-c2ccccc2)c2ccc([nH]2)c(-c2ccccc2)c2nc(c(-c4ccccc4)c4ccc([nH]4)c3-c3ccccc3)C=C2)=C1. The molecule has 4 aliphatic rings. The van der Waals surface area contributed by atoms with Crippen molar-refractivity contribution in [2.45, 2.75) is 0 Å². The van der Waals surface area contributed by atoms with Crippen LogP contribution in [0.25, 0.3) is 181 Å². The molecule has 8 aromatic carbocycles. The van der Waals surface area contributed by atoms with Gasteiger partial charge < -0.3 is 19.9 Å². The van der Waals surface area contributed by atoms with E-state index < -0.39 is 0 Å². The molecule has 0 atom stereocenters. The van der Waals surface area contributed by atoms with Crippen molar-refractivity contribution in [1.29, 1.82) is 0 Å². The molecule has 470 valence electrons. The first-order valence-electron chi connectivity index (χ1n) is 33.8. The number of rotatable bonds is 11. The minimum absolute atomic E-state index is 0.819. The number of aromatic amines is 4. The van der Waals surface area contributed by atoms with Crippen LogP contribution in [0.1, 0.15) is 45.6 Å². The molecule has 14 aromatic rings. The van der Waals surface area contributed by atoms with Gasteiger partial charge in [-0.2, -0.15) is 0 Å². The fourth-order valence-corrected chi connectivity index (χ4v) is 14.4. The van der Waals surface area contributed by atoms with Gasteiger partial charge in [-0.05, 0) is 129 Å². The Hall–Kier alpha value is -13.6. The summed E-state index contributed by atoms with van der Waals surface area (Å²) in [7, 11) is 0. The summed E-state index contributed by atoms with van der Waals surface area (Å²) in [6, 6.07) is 102. The van der Waals surface area contributed by atoms with Crippen molar-refractivity contribution >= 4 is 91.7 Å². The molecule has 0 saturated carbocycles. The van der Waals surface area contributed by atoms with Crippen LogP contribution in [-0.4, -0.2) is 39.9 Å². The van der Waals surface area contributed by atoms with Gasteiger partial charge in [-0.25, -0.2) is 19.9 Å². The van der Waals surface area contributed by atoms with Gasteiger partial charge in [0.05, 0.1) is 45.6 Å². The van der Waals surface area contributed by atoms with Crippen LogP contribution in [0.2, 0.25) is 0 Å². The Labute approximate surface area is 578 Å².